The van der Waals surface area contributed by atoms with Crippen LogP contribution >= 0.6 is 0 Å². The van der Waals surface area contributed by atoms with Gasteiger partial charge in [0.25, 0.3) is 0 Å². The molecule has 0 N–H and O–H groups in total. The first-order chi connectivity index (χ1) is 6.18. The molecule has 0 amide bonds. The highest BCUT2D eigenvalue weighted by atomic mass is 16.1. The number of fused-ring (bicyclic) bond motifs is 1. The first-order valence-corrected chi connectivity index (χ1v) is 5.40. The zero-order valence-electron chi connectivity index (χ0n) is 8.34. The second kappa shape index (κ2) is 2.26. The molecule has 4 unspecified atom stereocenters. The third kappa shape index (κ3) is 0.806. The molecule has 13 heavy (non-hydrogen) atoms. The van der Waals surface area contributed by atoms with Gasteiger partial charge in [-0.1, -0.05) is 5.57 Å². The summed E-state index contributed by atoms with van der Waals surface area (Å²) in [5, 5.41) is 0. The smallest absolute Gasteiger partial charge is 0.161 e. The predicted octanol–water partition coefficient (Wildman–Crippen LogP) is 2.57. The Morgan fingerprint density at radius 1 is 1.00 bits per heavy atom. The van der Waals surface area contributed by atoms with Crippen LogP contribution in [-0.2, 0) is 4.79 Å². The molecule has 0 aliphatic heterocycles. The fourth-order valence-corrected chi connectivity index (χ4v) is 3.88. The molecule has 1 nitrogen and oxygen atoms in total. The lowest BCUT2D eigenvalue weighted by Gasteiger charge is -2.22. The summed E-state index contributed by atoms with van der Waals surface area (Å²) >= 11 is 0. The SMILES string of the molecule is CC1=C(C)C2CC3CC2CC3C1=O. The van der Waals surface area contributed by atoms with E-state index >= 15 is 0 Å². The largest absolute Gasteiger partial charge is 0.294 e. The van der Waals surface area contributed by atoms with E-state index in [1.54, 1.807) is 0 Å². The van der Waals surface area contributed by atoms with Gasteiger partial charge in [-0.15, -0.1) is 0 Å². The third-order valence-electron chi connectivity index (χ3n) is 4.71. The fraction of sp³-hybridized carbons (Fsp3) is 0.750. The molecule has 0 aromatic carbocycles. The van der Waals surface area contributed by atoms with E-state index in [-0.39, 0.29) is 0 Å². The average Bonchev–Trinajstić information content (AvgIpc) is 2.68. The number of ketones is 1. The van der Waals surface area contributed by atoms with Crippen LogP contribution in [0.5, 0.6) is 0 Å². The molecule has 0 aromatic heterocycles. The van der Waals surface area contributed by atoms with Crippen LogP contribution in [0, 0.1) is 23.7 Å². The molecule has 0 spiro atoms. The van der Waals surface area contributed by atoms with Crippen molar-refractivity contribution in [2.24, 2.45) is 23.7 Å². The van der Waals surface area contributed by atoms with E-state index in [2.05, 4.69) is 6.92 Å². The maximum absolute atomic E-state index is 12.0. The second-order valence-electron chi connectivity index (χ2n) is 5.11. The highest BCUT2D eigenvalue weighted by molar-refractivity contribution is 5.98. The number of rotatable bonds is 0. The Morgan fingerprint density at radius 3 is 2.23 bits per heavy atom. The van der Waals surface area contributed by atoms with Crippen LogP contribution in [0.3, 0.4) is 0 Å². The van der Waals surface area contributed by atoms with Crippen molar-refractivity contribution in [1.29, 1.82) is 0 Å². The summed E-state index contributed by atoms with van der Waals surface area (Å²) in [7, 11) is 0. The monoisotopic (exact) mass is 176 g/mol. The van der Waals surface area contributed by atoms with E-state index in [1.165, 1.54) is 24.8 Å². The summed E-state index contributed by atoms with van der Waals surface area (Å²) in [5.74, 6) is 3.27. The van der Waals surface area contributed by atoms with Crippen molar-refractivity contribution in [2.75, 3.05) is 0 Å². The van der Waals surface area contributed by atoms with Gasteiger partial charge in [-0.05, 0) is 56.4 Å². The van der Waals surface area contributed by atoms with Crippen LogP contribution in [0.15, 0.2) is 11.1 Å². The minimum Gasteiger partial charge on any atom is -0.294 e. The first kappa shape index (κ1) is 7.78. The van der Waals surface area contributed by atoms with Crippen LogP contribution in [-0.4, -0.2) is 5.78 Å². The van der Waals surface area contributed by atoms with Crippen LogP contribution in [0.25, 0.3) is 0 Å². The van der Waals surface area contributed by atoms with Crippen molar-refractivity contribution < 1.29 is 4.79 Å². The van der Waals surface area contributed by atoms with Gasteiger partial charge in [-0.2, -0.15) is 0 Å². The molecule has 70 valence electrons. The Morgan fingerprint density at radius 2 is 1.62 bits per heavy atom. The third-order valence-corrected chi connectivity index (χ3v) is 4.71. The summed E-state index contributed by atoms with van der Waals surface area (Å²) in [6, 6.07) is 0. The Bertz CT molecular complexity index is 313. The molecular weight excluding hydrogens is 160 g/mol. The molecule has 4 atom stereocenters. The minimum absolute atomic E-state index is 0.415. The molecular formula is C12H16O. The predicted molar refractivity (Wildman–Crippen MR) is 51.2 cm³/mol. The highest BCUT2D eigenvalue weighted by Crippen LogP contribution is 2.57. The molecule has 4 aliphatic rings. The maximum Gasteiger partial charge on any atom is 0.161 e. The number of Topliss-reactive ketones (excluding diaryl/α,β-unsaturated/α-hetero) is 1. The van der Waals surface area contributed by atoms with E-state index in [1.807, 2.05) is 6.92 Å². The quantitative estimate of drug-likeness (QED) is 0.554. The zero-order chi connectivity index (χ0) is 9.16. The van der Waals surface area contributed by atoms with E-state index in [9.17, 15) is 4.79 Å². The van der Waals surface area contributed by atoms with Gasteiger partial charge < -0.3 is 0 Å². The Kier molecular flexibility index (Phi) is 1.35. The van der Waals surface area contributed by atoms with E-state index in [0.717, 1.165) is 23.3 Å². The molecule has 1 heteroatoms. The Hall–Kier alpha value is -0.590. The summed E-state index contributed by atoms with van der Waals surface area (Å²) in [5.41, 5.74) is 2.51. The van der Waals surface area contributed by atoms with Crippen molar-refractivity contribution >= 4 is 5.78 Å². The lowest BCUT2D eigenvalue weighted by atomic mass is 9.82. The van der Waals surface area contributed by atoms with Gasteiger partial charge in [0.05, 0.1) is 0 Å². The van der Waals surface area contributed by atoms with Crippen molar-refractivity contribution in [2.45, 2.75) is 33.1 Å². The van der Waals surface area contributed by atoms with Crippen LogP contribution in [0.2, 0.25) is 0 Å². The van der Waals surface area contributed by atoms with E-state index in [0.29, 0.717) is 11.7 Å². The van der Waals surface area contributed by atoms with Gasteiger partial charge in [-0.25, -0.2) is 0 Å². The Labute approximate surface area is 79.2 Å². The summed E-state index contributed by atoms with van der Waals surface area (Å²) in [6.07, 6.45) is 3.85. The van der Waals surface area contributed by atoms with Crippen molar-refractivity contribution in [3.05, 3.63) is 11.1 Å². The molecule has 0 saturated heterocycles. The number of carbonyl (C=O) groups excluding carboxylic acids is 1. The van der Waals surface area contributed by atoms with Crippen molar-refractivity contribution in [1.82, 2.24) is 0 Å². The molecule has 2 fully saturated rings. The topological polar surface area (TPSA) is 17.1 Å². The molecule has 4 rings (SSSR count). The second-order valence-corrected chi connectivity index (χ2v) is 5.11. The lowest BCUT2D eigenvalue weighted by molar-refractivity contribution is -0.120. The maximum atomic E-state index is 12.0. The van der Waals surface area contributed by atoms with Gasteiger partial charge in [0.15, 0.2) is 5.78 Å². The van der Waals surface area contributed by atoms with E-state index < -0.39 is 0 Å². The standard InChI is InChI=1S/C12H16O/c1-6-7(2)12(13)11-5-8-3-9(11)4-10(6)8/h8-11H,3-5H2,1-2H3. The molecule has 0 heterocycles. The minimum atomic E-state index is 0.415. The zero-order valence-corrected chi connectivity index (χ0v) is 8.34. The van der Waals surface area contributed by atoms with Crippen molar-refractivity contribution in [3.63, 3.8) is 0 Å². The summed E-state index contributed by atoms with van der Waals surface area (Å²) in [4.78, 5) is 12.0. The summed E-state index contributed by atoms with van der Waals surface area (Å²) < 4.78 is 0. The van der Waals surface area contributed by atoms with Crippen LogP contribution in [0.1, 0.15) is 33.1 Å². The molecule has 0 aromatic rings. The fourth-order valence-electron chi connectivity index (χ4n) is 3.88. The van der Waals surface area contributed by atoms with Crippen molar-refractivity contribution in [3.8, 4) is 0 Å². The lowest BCUT2D eigenvalue weighted by Crippen LogP contribution is -2.20. The number of carbonyl (C=O) groups is 1. The average molecular weight is 176 g/mol. The van der Waals surface area contributed by atoms with Gasteiger partial charge in [0.1, 0.15) is 0 Å². The molecule has 4 aliphatic carbocycles. The van der Waals surface area contributed by atoms with E-state index in [4.69, 9.17) is 0 Å². The molecule has 4 bridgehead atoms. The summed E-state index contributed by atoms with van der Waals surface area (Å²) in [6.45, 7) is 4.22. The van der Waals surface area contributed by atoms with Crippen LogP contribution < -0.4 is 0 Å². The molecule has 2 saturated carbocycles. The Balaban J connectivity index is 2.15. The normalized spacial score (nSPS) is 47.7. The van der Waals surface area contributed by atoms with Gasteiger partial charge >= 0.3 is 0 Å². The van der Waals surface area contributed by atoms with Gasteiger partial charge in [0.2, 0.25) is 0 Å². The number of hydrogen-bond acceptors (Lipinski definition) is 1. The van der Waals surface area contributed by atoms with Gasteiger partial charge in [-0.3, -0.25) is 4.79 Å². The number of allylic oxidation sites excluding steroid dienone is 2. The highest BCUT2D eigenvalue weighted by Gasteiger charge is 2.51. The first-order valence-electron chi connectivity index (χ1n) is 5.40. The van der Waals surface area contributed by atoms with Gasteiger partial charge in [0, 0.05) is 5.92 Å². The number of hydrogen-bond donors (Lipinski definition) is 0. The molecule has 0 radical (unpaired) electrons. The van der Waals surface area contributed by atoms with Crippen LogP contribution in [0.4, 0.5) is 0 Å².